The van der Waals surface area contributed by atoms with Crippen molar-refractivity contribution in [2.75, 3.05) is 0 Å². The highest BCUT2D eigenvalue weighted by atomic mass is 32.1. The molecule has 1 N–H and O–H groups in total. The van der Waals surface area contributed by atoms with Crippen LogP contribution in [0.2, 0.25) is 0 Å². The highest BCUT2D eigenvalue weighted by molar-refractivity contribution is 7.10. The summed E-state index contributed by atoms with van der Waals surface area (Å²) in [7, 11) is 0. The van der Waals surface area contributed by atoms with E-state index in [1.54, 1.807) is 23.5 Å². The smallest absolute Gasteiger partial charge is 0.115 e. The van der Waals surface area contributed by atoms with Gasteiger partial charge >= 0.3 is 0 Å². The number of hydrogen-bond acceptors (Lipinski definition) is 2. The predicted octanol–water partition coefficient (Wildman–Crippen LogP) is 3.74. The molecule has 2 heteroatoms. The molecule has 14 heavy (non-hydrogen) atoms. The molecule has 72 valence electrons. The van der Waals surface area contributed by atoms with Crippen LogP contribution in [-0.4, -0.2) is 5.11 Å². The average molecular weight is 204 g/mol. The second-order valence-electron chi connectivity index (χ2n) is 3.45. The molecule has 0 amide bonds. The molecule has 1 heterocycles. The maximum atomic E-state index is 9.29. The minimum atomic E-state index is 0.332. The molecule has 0 radical (unpaired) electrons. The van der Waals surface area contributed by atoms with Crippen LogP contribution in [0.5, 0.6) is 5.75 Å². The highest BCUT2D eigenvalue weighted by Gasteiger charge is 2.03. The SMILES string of the molecule is Cc1cc(-c2ccc(O)cc2C)cs1. The summed E-state index contributed by atoms with van der Waals surface area (Å²) in [5.74, 6) is 0.332. The van der Waals surface area contributed by atoms with E-state index in [-0.39, 0.29) is 0 Å². The molecule has 0 aliphatic heterocycles. The first kappa shape index (κ1) is 9.28. The number of aryl methyl sites for hydroxylation is 2. The van der Waals surface area contributed by atoms with Gasteiger partial charge in [0.2, 0.25) is 0 Å². The molecular formula is C12H12OS. The first-order valence-electron chi connectivity index (χ1n) is 4.52. The van der Waals surface area contributed by atoms with Gasteiger partial charge in [0.15, 0.2) is 0 Å². The van der Waals surface area contributed by atoms with Crippen molar-refractivity contribution in [3.8, 4) is 16.9 Å². The van der Waals surface area contributed by atoms with Crippen LogP contribution < -0.4 is 0 Å². The molecule has 1 nitrogen and oxygen atoms in total. The lowest BCUT2D eigenvalue weighted by Crippen LogP contribution is -1.79. The predicted molar refractivity (Wildman–Crippen MR) is 60.9 cm³/mol. The Morgan fingerprint density at radius 2 is 1.93 bits per heavy atom. The number of rotatable bonds is 1. The summed E-state index contributed by atoms with van der Waals surface area (Å²) in [5.41, 5.74) is 3.56. The third-order valence-electron chi connectivity index (χ3n) is 2.25. The van der Waals surface area contributed by atoms with E-state index in [2.05, 4.69) is 18.4 Å². The number of aromatic hydroxyl groups is 1. The summed E-state index contributed by atoms with van der Waals surface area (Å²) in [6, 6.07) is 7.66. The average Bonchev–Trinajstić information content (AvgIpc) is 2.51. The fourth-order valence-corrected chi connectivity index (χ4v) is 2.26. The van der Waals surface area contributed by atoms with E-state index in [1.165, 1.54) is 16.0 Å². The van der Waals surface area contributed by atoms with Crippen LogP contribution in [0.3, 0.4) is 0 Å². The molecule has 2 aromatic rings. The fraction of sp³-hybridized carbons (Fsp3) is 0.167. The molecule has 0 saturated carbocycles. The lowest BCUT2D eigenvalue weighted by Gasteiger charge is -2.03. The van der Waals surface area contributed by atoms with Crippen LogP contribution in [0.25, 0.3) is 11.1 Å². The molecule has 0 aliphatic rings. The van der Waals surface area contributed by atoms with Gasteiger partial charge in [-0.25, -0.2) is 0 Å². The maximum absolute atomic E-state index is 9.29. The molecule has 1 aromatic carbocycles. The van der Waals surface area contributed by atoms with Crippen molar-refractivity contribution in [3.63, 3.8) is 0 Å². The molecule has 0 unspecified atom stereocenters. The monoisotopic (exact) mass is 204 g/mol. The number of benzene rings is 1. The highest BCUT2D eigenvalue weighted by Crippen LogP contribution is 2.29. The van der Waals surface area contributed by atoms with Gasteiger partial charge in [0.05, 0.1) is 0 Å². The summed E-state index contributed by atoms with van der Waals surface area (Å²) < 4.78 is 0. The van der Waals surface area contributed by atoms with Crippen LogP contribution in [0, 0.1) is 13.8 Å². The van der Waals surface area contributed by atoms with Gasteiger partial charge in [0.25, 0.3) is 0 Å². The van der Waals surface area contributed by atoms with Gasteiger partial charge in [-0.1, -0.05) is 6.07 Å². The van der Waals surface area contributed by atoms with Crippen molar-refractivity contribution in [2.45, 2.75) is 13.8 Å². The van der Waals surface area contributed by atoms with Gasteiger partial charge in [0.1, 0.15) is 5.75 Å². The molecule has 0 saturated heterocycles. The van der Waals surface area contributed by atoms with Crippen molar-refractivity contribution in [2.24, 2.45) is 0 Å². The second kappa shape index (κ2) is 3.46. The Balaban J connectivity index is 2.52. The Hall–Kier alpha value is -1.28. The van der Waals surface area contributed by atoms with Crippen molar-refractivity contribution in [3.05, 3.63) is 40.1 Å². The lowest BCUT2D eigenvalue weighted by molar-refractivity contribution is 0.475. The molecule has 0 fully saturated rings. The summed E-state index contributed by atoms with van der Waals surface area (Å²) in [5, 5.41) is 11.4. The first-order valence-corrected chi connectivity index (χ1v) is 5.40. The minimum absolute atomic E-state index is 0.332. The summed E-state index contributed by atoms with van der Waals surface area (Å²) in [4.78, 5) is 1.31. The zero-order valence-electron chi connectivity index (χ0n) is 8.24. The molecular weight excluding hydrogens is 192 g/mol. The molecule has 0 aliphatic carbocycles. The third kappa shape index (κ3) is 1.66. The lowest BCUT2D eigenvalue weighted by atomic mass is 10.0. The molecule has 0 bridgehead atoms. The van der Waals surface area contributed by atoms with Crippen molar-refractivity contribution in [1.29, 1.82) is 0 Å². The van der Waals surface area contributed by atoms with Gasteiger partial charge in [-0.05, 0) is 54.1 Å². The normalized spacial score (nSPS) is 10.4. The number of phenolic OH excluding ortho intramolecular Hbond substituents is 1. The number of thiophene rings is 1. The van der Waals surface area contributed by atoms with Crippen LogP contribution in [0.15, 0.2) is 29.6 Å². The quantitative estimate of drug-likeness (QED) is 0.750. The van der Waals surface area contributed by atoms with Crippen LogP contribution in [0.4, 0.5) is 0 Å². The van der Waals surface area contributed by atoms with E-state index in [4.69, 9.17) is 0 Å². The Bertz CT molecular complexity index is 457. The number of hydrogen-bond donors (Lipinski definition) is 1. The first-order chi connectivity index (χ1) is 6.66. The van der Waals surface area contributed by atoms with Gasteiger partial charge in [-0.3, -0.25) is 0 Å². The van der Waals surface area contributed by atoms with Gasteiger partial charge < -0.3 is 5.11 Å². The van der Waals surface area contributed by atoms with Crippen LogP contribution >= 0.6 is 11.3 Å². The van der Waals surface area contributed by atoms with E-state index in [1.807, 2.05) is 13.0 Å². The molecule has 1 aromatic heterocycles. The second-order valence-corrected chi connectivity index (χ2v) is 4.56. The maximum Gasteiger partial charge on any atom is 0.115 e. The van der Waals surface area contributed by atoms with E-state index in [0.717, 1.165) is 5.56 Å². The Morgan fingerprint density at radius 1 is 1.14 bits per heavy atom. The van der Waals surface area contributed by atoms with Crippen molar-refractivity contribution >= 4 is 11.3 Å². The number of phenols is 1. The van der Waals surface area contributed by atoms with Gasteiger partial charge in [-0.15, -0.1) is 11.3 Å². The van der Waals surface area contributed by atoms with E-state index < -0.39 is 0 Å². The Labute approximate surface area is 87.7 Å². The Kier molecular flexibility index (Phi) is 2.30. The van der Waals surface area contributed by atoms with Crippen molar-refractivity contribution < 1.29 is 5.11 Å². The largest absolute Gasteiger partial charge is 0.508 e. The zero-order valence-corrected chi connectivity index (χ0v) is 9.06. The standard InChI is InChI=1S/C12H12OS/c1-8-5-11(13)3-4-12(8)10-6-9(2)14-7-10/h3-7,13H,1-2H3. The van der Waals surface area contributed by atoms with E-state index in [0.29, 0.717) is 5.75 Å². The molecule has 2 rings (SSSR count). The van der Waals surface area contributed by atoms with Crippen LogP contribution in [-0.2, 0) is 0 Å². The van der Waals surface area contributed by atoms with Gasteiger partial charge in [0, 0.05) is 4.88 Å². The fourth-order valence-electron chi connectivity index (χ4n) is 1.56. The van der Waals surface area contributed by atoms with Gasteiger partial charge in [-0.2, -0.15) is 0 Å². The third-order valence-corrected chi connectivity index (χ3v) is 3.11. The minimum Gasteiger partial charge on any atom is -0.508 e. The topological polar surface area (TPSA) is 20.2 Å². The molecule has 0 spiro atoms. The van der Waals surface area contributed by atoms with Crippen molar-refractivity contribution in [1.82, 2.24) is 0 Å². The van der Waals surface area contributed by atoms with E-state index >= 15 is 0 Å². The zero-order chi connectivity index (χ0) is 10.1. The summed E-state index contributed by atoms with van der Waals surface area (Å²) in [6.45, 7) is 4.12. The summed E-state index contributed by atoms with van der Waals surface area (Å²) in [6.07, 6.45) is 0. The molecule has 0 atom stereocenters. The summed E-state index contributed by atoms with van der Waals surface area (Å²) >= 11 is 1.75. The Morgan fingerprint density at radius 3 is 2.50 bits per heavy atom. The van der Waals surface area contributed by atoms with Crippen LogP contribution in [0.1, 0.15) is 10.4 Å². The van der Waals surface area contributed by atoms with E-state index in [9.17, 15) is 5.11 Å².